The number of nitrogens with zero attached hydrogens (tertiary/aromatic N) is 3. The summed E-state index contributed by atoms with van der Waals surface area (Å²) in [5, 5.41) is 7.27. The van der Waals surface area contributed by atoms with Crippen LogP contribution in [0.4, 0.5) is 5.69 Å². The van der Waals surface area contributed by atoms with E-state index in [-0.39, 0.29) is 17.3 Å². The summed E-state index contributed by atoms with van der Waals surface area (Å²) in [5.41, 5.74) is 3.68. The summed E-state index contributed by atoms with van der Waals surface area (Å²) in [6.45, 7) is 8.33. The number of anilines is 1. The quantitative estimate of drug-likeness (QED) is 0.830. The summed E-state index contributed by atoms with van der Waals surface area (Å²) in [5.74, 6) is -0.232. The molecule has 8 heteroatoms. The summed E-state index contributed by atoms with van der Waals surface area (Å²) in [6.07, 6.45) is 2.81. The van der Waals surface area contributed by atoms with Crippen LogP contribution in [0.5, 0.6) is 0 Å². The highest BCUT2D eigenvalue weighted by molar-refractivity contribution is 7.89. The molecule has 0 spiro atoms. The van der Waals surface area contributed by atoms with Crippen molar-refractivity contribution in [2.45, 2.75) is 58.4 Å². The number of nitrogens with one attached hydrogen (secondary N) is 1. The molecule has 1 aliphatic heterocycles. The highest BCUT2D eigenvalue weighted by Gasteiger charge is 2.32. The number of piperidine rings is 1. The average molecular weight is 405 g/mol. The van der Waals surface area contributed by atoms with Gasteiger partial charge in [0.2, 0.25) is 15.9 Å². The first-order valence-corrected chi connectivity index (χ1v) is 11.1. The van der Waals surface area contributed by atoms with Gasteiger partial charge in [-0.1, -0.05) is 24.6 Å². The van der Waals surface area contributed by atoms with E-state index in [0.717, 1.165) is 36.1 Å². The topological polar surface area (TPSA) is 84.3 Å². The number of hydrogen-bond acceptors (Lipinski definition) is 4. The Morgan fingerprint density at radius 3 is 2.29 bits per heavy atom. The first-order valence-electron chi connectivity index (χ1n) is 9.62. The predicted octanol–water partition coefficient (Wildman–Crippen LogP) is 2.93. The normalized spacial score (nSPS) is 15.6. The number of aryl methyl sites for hydroxylation is 3. The molecular formula is C20H28N4O3S. The highest BCUT2D eigenvalue weighted by Crippen LogP contribution is 2.26. The van der Waals surface area contributed by atoms with E-state index < -0.39 is 10.0 Å². The van der Waals surface area contributed by atoms with Crippen molar-refractivity contribution >= 4 is 21.6 Å². The number of carbonyl (C=O) groups excluding carboxylic acids is 1. The third-order valence-corrected chi connectivity index (χ3v) is 7.42. The van der Waals surface area contributed by atoms with Crippen LogP contribution in [-0.4, -0.2) is 41.5 Å². The van der Waals surface area contributed by atoms with E-state index in [0.29, 0.717) is 24.5 Å². The third-order valence-electron chi connectivity index (χ3n) is 5.27. The van der Waals surface area contributed by atoms with Crippen LogP contribution in [0.15, 0.2) is 23.1 Å². The number of sulfonamides is 1. The van der Waals surface area contributed by atoms with Gasteiger partial charge in [0.15, 0.2) is 0 Å². The van der Waals surface area contributed by atoms with E-state index in [1.165, 1.54) is 8.99 Å². The molecule has 1 N–H and O–H groups in total. The van der Waals surface area contributed by atoms with E-state index in [1.807, 2.05) is 32.0 Å². The lowest BCUT2D eigenvalue weighted by molar-refractivity contribution is -0.117. The SMILES string of the molecule is Cc1cccc(C)c1NC(=O)Cn1nc(C)c(S(=O)(=O)N2CCCCC2)c1C. The van der Waals surface area contributed by atoms with Crippen LogP contribution in [-0.2, 0) is 21.4 Å². The molecule has 3 rings (SSSR count). The smallest absolute Gasteiger partial charge is 0.246 e. The van der Waals surface area contributed by atoms with Crippen molar-refractivity contribution in [3.63, 3.8) is 0 Å². The molecule has 2 heterocycles. The summed E-state index contributed by atoms with van der Waals surface area (Å²) >= 11 is 0. The Kier molecular flexibility index (Phi) is 5.90. The van der Waals surface area contributed by atoms with Crippen molar-refractivity contribution in [1.29, 1.82) is 0 Å². The van der Waals surface area contributed by atoms with Crippen LogP contribution in [0.1, 0.15) is 41.8 Å². The Hall–Kier alpha value is -2.19. The van der Waals surface area contributed by atoms with E-state index in [9.17, 15) is 13.2 Å². The van der Waals surface area contributed by atoms with Gasteiger partial charge in [-0.15, -0.1) is 0 Å². The minimum Gasteiger partial charge on any atom is -0.324 e. The van der Waals surface area contributed by atoms with Crippen LogP contribution >= 0.6 is 0 Å². The van der Waals surface area contributed by atoms with Crippen LogP contribution in [0, 0.1) is 27.7 Å². The fourth-order valence-corrected chi connectivity index (χ4v) is 5.66. The average Bonchev–Trinajstić information content (AvgIpc) is 2.93. The largest absolute Gasteiger partial charge is 0.324 e. The minimum atomic E-state index is -3.59. The number of hydrogen-bond donors (Lipinski definition) is 1. The molecule has 1 saturated heterocycles. The Morgan fingerprint density at radius 1 is 1.07 bits per heavy atom. The maximum atomic E-state index is 13.1. The van der Waals surface area contributed by atoms with Crippen molar-refractivity contribution < 1.29 is 13.2 Å². The van der Waals surface area contributed by atoms with Crippen molar-refractivity contribution in [1.82, 2.24) is 14.1 Å². The molecule has 152 valence electrons. The zero-order chi connectivity index (χ0) is 20.5. The molecule has 0 bridgehead atoms. The summed E-state index contributed by atoms with van der Waals surface area (Å²) < 4.78 is 29.2. The molecule has 0 saturated carbocycles. The van der Waals surface area contributed by atoms with Gasteiger partial charge in [0.05, 0.1) is 11.4 Å². The lowest BCUT2D eigenvalue weighted by atomic mass is 10.1. The Labute approximate surface area is 166 Å². The molecule has 0 aliphatic carbocycles. The van der Waals surface area contributed by atoms with Crippen molar-refractivity contribution in [3.8, 4) is 0 Å². The second kappa shape index (κ2) is 8.05. The van der Waals surface area contributed by atoms with Gasteiger partial charge < -0.3 is 5.32 Å². The molecule has 0 unspecified atom stereocenters. The Bertz CT molecular complexity index is 969. The molecule has 2 aromatic rings. The van der Waals surface area contributed by atoms with E-state index in [1.54, 1.807) is 13.8 Å². The second-order valence-electron chi connectivity index (χ2n) is 7.44. The molecule has 1 amide bonds. The molecule has 1 aliphatic rings. The number of para-hydroxylation sites is 1. The summed E-state index contributed by atoms with van der Waals surface area (Å²) in [6, 6.07) is 5.82. The lowest BCUT2D eigenvalue weighted by Crippen LogP contribution is -2.36. The number of rotatable bonds is 5. The first kappa shape index (κ1) is 20.5. The number of aromatic nitrogens is 2. The van der Waals surface area contributed by atoms with Gasteiger partial charge in [-0.3, -0.25) is 9.48 Å². The molecule has 7 nitrogen and oxygen atoms in total. The fraction of sp³-hybridized carbons (Fsp3) is 0.500. The fourth-order valence-electron chi connectivity index (χ4n) is 3.77. The van der Waals surface area contributed by atoms with Gasteiger partial charge in [-0.25, -0.2) is 8.42 Å². The van der Waals surface area contributed by atoms with Gasteiger partial charge in [0.1, 0.15) is 11.4 Å². The highest BCUT2D eigenvalue weighted by atomic mass is 32.2. The Morgan fingerprint density at radius 2 is 1.68 bits per heavy atom. The predicted molar refractivity (Wildman–Crippen MR) is 109 cm³/mol. The van der Waals surface area contributed by atoms with E-state index in [4.69, 9.17) is 0 Å². The van der Waals surface area contributed by atoms with E-state index >= 15 is 0 Å². The van der Waals surface area contributed by atoms with Crippen LogP contribution in [0.25, 0.3) is 0 Å². The molecule has 0 radical (unpaired) electrons. The zero-order valence-corrected chi connectivity index (χ0v) is 17.8. The van der Waals surface area contributed by atoms with Crippen molar-refractivity contribution in [3.05, 3.63) is 40.7 Å². The van der Waals surface area contributed by atoms with Gasteiger partial charge >= 0.3 is 0 Å². The van der Waals surface area contributed by atoms with Gasteiger partial charge in [0, 0.05) is 18.8 Å². The molecule has 0 atom stereocenters. The maximum absolute atomic E-state index is 13.1. The lowest BCUT2D eigenvalue weighted by Gasteiger charge is -2.26. The molecule has 1 aromatic heterocycles. The minimum absolute atomic E-state index is 0.0318. The second-order valence-corrected chi connectivity index (χ2v) is 9.31. The van der Waals surface area contributed by atoms with E-state index in [2.05, 4.69) is 10.4 Å². The van der Waals surface area contributed by atoms with Crippen LogP contribution < -0.4 is 5.32 Å². The third kappa shape index (κ3) is 3.98. The zero-order valence-electron chi connectivity index (χ0n) is 16.9. The molecule has 1 fully saturated rings. The van der Waals surface area contributed by atoms with Gasteiger partial charge in [-0.05, 0) is 51.7 Å². The van der Waals surface area contributed by atoms with Gasteiger partial charge in [-0.2, -0.15) is 9.40 Å². The maximum Gasteiger partial charge on any atom is 0.246 e. The van der Waals surface area contributed by atoms with Gasteiger partial charge in [0.25, 0.3) is 0 Å². The number of benzene rings is 1. The molecular weight excluding hydrogens is 376 g/mol. The summed E-state index contributed by atoms with van der Waals surface area (Å²) in [4.78, 5) is 12.8. The first-order chi connectivity index (χ1) is 13.2. The standard InChI is InChI=1S/C20H28N4O3S/c1-14-9-8-10-15(2)19(14)21-18(25)13-24-17(4)20(16(3)22-24)28(26,27)23-11-6-5-7-12-23/h8-10H,5-7,11-13H2,1-4H3,(H,21,25). The monoisotopic (exact) mass is 404 g/mol. The number of amides is 1. The number of carbonyl (C=O) groups is 1. The Balaban J connectivity index is 1.83. The van der Waals surface area contributed by atoms with Crippen molar-refractivity contribution in [2.24, 2.45) is 0 Å². The molecule has 28 heavy (non-hydrogen) atoms. The van der Waals surface area contributed by atoms with Crippen LogP contribution in [0.3, 0.4) is 0 Å². The van der Waals surface area contributed by atoms with Crippen LogP contribution in [0.2, 0.25) is 0 Å². The van der Waals surface area contributed by atoms with Crippen molar-refractivity contribution in [2.75, 3.05) is 18.4 Å². The summed E-state index contributed by atoms with van der Waals surface area (Å²) in [7, 11) is -3.59. The molecule has 1 aromatic carbocycles.